The van der Waals surface area contributed by atoms with E-state index >= 15 is 0 Å². The number of carbonyl (C=O) groups excluding carboxylic acids is 3. The van der Waals surface area contributed by atoms with E-state index in [-0.39, 0.29) is 55.5 Å². The van der Waals surface area contributed by atoms with Gasteiger partial charge in [0, 0.05) is 19.3 Å². The summed E-state index contributed by atoms with van der Waals surface area (Å²) < 4.78 is 17.5. The Labute approximate surface area is 315 Å². The van der Waals surface area contributed by atoms with Gasteiger partial charge in [-0.1, -0.05) is 157 Å². The number of aliphatic hydroxyl groups is 1. The van der Waals surface area contributed by atoms with Crippen molar-refractivity contribution >= 4 is 17.9 Å². The molecule has 302 valence electrons. The first-order valence-electron chi connectivity index (χ1n) is 21.8. The Morgan fingerprint density at radius 1 is 0.412 bits per heavy atom. The van der Waals surface area contributed by atoms with Crippen LogP contribution in [-0.2, 0) is 28.6 Å². The lowest BCUT2D eigenvalue weighted by atomic mass is 9.90. The van der Waals surface area contributed by atoms with Crippen LogP contribution in [-0.4, -0.2) is 49.4 Å². The molecule has 0 radical (unpaired) electrons. The first-order chi connectivity index (χ1) is 24.7. The predicted molar refractivity (Wildman–Crippen MR) is 212 cm³/mol. The van der Waals surface area contributed by atoms with Crippen molar-refractivity contribution < 1.29 is 33.7 Å². The van der Waals surface area contributed by atoms with Crippen molar-refractivity contribution in [2.45, 2.75) is 215 Å². The summed E-state index contributed by atoms with van der Waals surface area (Å²) in [7, 11) is 0. The average Bonchev–Trinajstić information content (AvgIpc) is 3.12. The zero-order valence-electron chi connectivity index (χ0n) is 34.5. The fraction of sp³-hybridized carbons (Fsp3) is 0.932. The third-order valence-electron chi connectivity index (χ3n) is 10.6. The van der Waals surface area contributed by atoms with Crippen LogP contribution in [0.25, 0.3) is 0 Å². The molecule has 0 aliphatic rings. The summed E-state index contributed by atoms with van der Waals surface area (Å²) in [6.07, 6.45) is 27.4. The average molecular weight is 725 g/mol. The third-order valence-corrected chi connectivity index (χ3v) is 10.6. The minimum Gasteiger partial charge on any atom is -0.465 e. The monoisotopic (exact) mass is 725 g/mol. The molecule has 0 spiro atoms. The molecule has 0 aliphatic carbocycles. The molecule has 0 aromatic carbocycles. The highest BCUT2D eigenvalue weighted by Crippen LogP contribution is 2.27. The van der Waals surface area contributed by atoms with E-state index in [1.54, 1.807) is 0 Å². The number of unbranched alkanes of at least 4 members (excludes halogenated alkanes) is 12. The highest BCUT2D eigenvalue weighted by molar-refractivity contribution is 5.71. The molecule has 0 unspecified atom stereocenters. The van der Waals surface area contributed by atoms with E-state index in [0.717, 1.165) is 154 Å². The van der Waals surface area contributed by atoms with Crippen LogP contribution < -0.4 is 0 Å². The Balaban J connectivity index is 5.74. The number of hydrogen-bond donors (Lipinski definition) is 1. The molecule has 0 aliphatic heterocycles. The topological polar surface area (TPSA) is 99.1 Å². The van der Waals surface area contributed by atoms with Crippen LogP contribution in [0.1, 0.15) is 215 Å². The van der Waals surface area contributed by atoms with Crippen molar-refractivity contribution in [3.8, 4) is 0 Å². The molecule has 7 nitrogen and oxygen atoms in total. The van der Waals surface area contributed by atoms with Gasteiger partial charge in [0.2, 0.25) is 0 Å². The molecule has 0 aromatic heterocycles. The maximum atomic E-state index is 13.2. The maximum Gasteiger partial charge on any atom is 0.306 e. The van der Waals surface area contributed by atoms with Gasteiger partial charge < -0.3 is 19.3 Å². The van der Waals surface area contributed by atoms with Crippen LogP contribution in [0.4, 0.5) is 0 Å². The molecule has 7 heteroatoms. The van der Waals surface area contributed by atoms with Gasteiger partial charge in [0.15, 0.2) is 0 Å². The van der Waals surface area contributed by atoms with E-state index in [1.807, 2.05) is 0 Å². The molecule has 0 saturated heterocycles. The molecular formula is C44H84O7. The summed E-state index contributed by atoms with van der Waals surface area (Å²) in [6, 6.07) is 0. The summed E-state index contributed by atoms with van der Waals surface area (Å²) in [5.74, 6) is -0.106. The highest BCUT2D eigenvalue weighted by Gasteiger charge is 2.36. The lowest BCUT2D eigenvalue weighted by molar-refractivity contribution is -0.166. The molecule has 0 aromatic rings. The summed E-state index contributed by atoms with van der Waals surface area (Å²) >= 11 is 0. The molecule has 0 rings (SSSR count). The molecule has 0 amide bonds. The maximum absolute atomic E-state index is 13.2. The number of esters is 3. The minimum absolute atomic E-state index is 0.160. The Kier molecular flexibility index (Phi) is 33.1. The number of rotatable bonds is 37. The van der Waals surface area contributed by atoms with Crippen LogP contribution in [0.15, 0.2) is 0 Å². The number of ether oxygens (including phenoxy) is 3. The number of aliphatic hydroxyl groups excluding tert-OH is 1. The van der Waals surface area contributed by atoms with E-state index < -0.39 is 12.0 Å². The summed E-state index contributed by atoms with van der Waals surface area (Å²) in [5, 5.41) is 10.7. The lowest BCUT2D eigenvalue weighted by Gasteiger charge is -2.31. The standard InChI is InChI=1S/C44H84O7/c1-7-13-19-25-38(26-20-14-8-2)31-41(46)49-35-44(34-45,36-50-42(47)32-39(27-21-15-9-3)28-22-16-10-4)37-51-43(48)33-40(29-23-17-11-5)30-24-18-12-6/h38-40,45H,7-37H2,1-6H3. The molecule has 0 fully saturated rings. The zero-order chi connectivity index (χ0) is 38.0. The van der Waals surface area contributed by atoms with E-state index in [1.165, 1.54) is 0 Å². The van der Waals surface area contributed by atoms with Crippen molar-refractivity contribution in [3.63, 3.8) is 0 Å². The number of carbonyl (C=O) groups is 3. The SMILES string of the molecule is CCCCCC(CCCCC)CC(=O)OCC(CO)(COC(=O)CC(CCCCC)CCCCC)COC(=O)CC(CCCCC)CCCCC. The zero-order valence-corrected chi connectivity index (χ0v) is 34.5. The van der Waals surface area contributed by atoms with Gasteiger partial charge in [-0.25, -0.2) is 0 Å². The van der Waals surface area contributed by atoms with Crippen LogP contribution in [0.3, 0.4) is 0 Å². The fourth-order valence-corrected chi connectivity index (χ4v) is 6.99. The highest BCUT2D eigenvalue weighted by atomic mass is 16.6. The van der Waals surface area contributed by atoms with Crippen LogP contribution in [0.5, 0.6) is 0 Å². The third kappa shape index (κ3) is 27.6. The van der Waals surface area contributed by atoms with Crippen LogP contribution in [0.2, 0.25) is 0 Å². The van der Waals surface area contributed by atoms with Crippen molar-refractivity contribution in [2.75, 3.05) is 26.4 Å². The Bertz CT molecular complexity index is 696. The Morgan fingerprint density at radius 2 is 0.627 bits per heavy atom. The normalized spacial score (nSPS) is 11.9. The van der Waals surface area contributed by atoms with Gasteiger partial charge in [0.1, 0.15) is 19.8 Å². The smallest absolute Gasteiger partial charge is 0.306 e. The Morgan fingerprint density at radius 3 is 0.804 bits per heavy atom. The van der Waals surface area contributed by atoms with Gasteiger partial charge in [-0.2, -0.15) is 0 Å². The van der Waals surface area contributed by atoms with Crippen molar-refractivity contribution in [1.29, 1.82) is 0 Å². The first-order valence-corrected chi connectivity index (χ1v) is 21.8. The lowest BCUT2D eigenvalue weighted by Crippen LogP contribution is -2.43. The molecular weight excluding hydrogens is 640 g/mol. The van der Waals surface area contributed by atoms with Gasteiger partial charge in [-0.05, 0) is 56.3 Å². The molecule has 0 bridgehead atoms. The Hall–Kier alpha value is -1.63. The quantitative estimate of drug-likeness (QED) is 0.0387. The predicted octanol–water partition coefficient (Wildman–Crippen LogP) is 12.1. The van der Waals surface area contributed by atoms with E-state index in [4.69, 9.17) is 14.2 Å². The van der Waals surface area contributed by atoms with Gasteiger partial charge in [-0.15, -0.1) is 0 Å². The molecule has 0 saturated carbocycles. The minimum atomic E-state index is -1.21. The van der Waals surface area contributed by atoms with E-state index in [9.17, 15) is 19.5 Å². The summed E-state index contributed by atoms with van der Waals surface area (Å²) in [6.45, 7) is 12.2. The second kappa shape index (κ2) is 34.2. The van der Waals surface area contributed by atoms with Crippen LogP contribution >= 0.6 is 0 Å². The van der Waals surface area contributed by atoms with Gasteiger partial charge >= 0.3 is 17.9 Å². The van der Waals surface area contributed by atoms with Crippen molar-refractivity contribution in [1.82, 2.24) is 0 Å². The largest absolute Gasteiger partial charge is 0.465 e. The van der Waals surface area contributed by atoms with Gasteiger partial charge in [0.05, 0.1) is 12.0 Å². The molecule has 51 heavy (non-hydrogen) atoms. The second-order valence-electron chi connectivity index (χ2n) is 15.8. The van der Waals surface area contributed by atoms with Gasteiger partial charge in [0.25, 0.3) is 0 Å². The fourth-order valence-electron chi connectivity index (χ4n) is 6.99. The van der Waals surface area contributed by atoms with Gasteiger partial charge in [-0.3, -0.25) is 14.4 Å². The molecule has 0 atom stereocenters. The molecule has 0 heterocycles. The van der Waals surface area contributed by atoms with Crippen molar-refractivity contribution in [3.05, 3.63) is 0 Å². The summed E-state index contributed by atoms with van der Waals surface area (Å²) in [4.78, 5) is 39.7. The first kappa shape index (κ1) is 49.4. The van der Waals surface area contributed by atoms with Crippen LogP contribution in [0, 0.1) is 23.2 Å². The van der Waals surface area contributed by atoms with Crippen molar-refractivity contribution in [2.24, 2.45) is 23.2 Å². The molecule has 1 N–H and O–H groups in total. The van der Waals surface area contributed by atoms with E-state index in [0.29, 0.717) is 19.3 Å². The second-order valence-corrected chi connectivity index (χ2v) is 15.8. The summed E-state index contributed by atoms with van der Waals surface area (Å²) in [5.41, 5.74) is -1.21. The number of hydrogen-bond acceptors (Lipinski definition) is 7. The van der Waals surface area contributed by atoms with E-state index in [2.05, 4.69) is 41.5 Å².